The summed E-state index contributed by atoms with van der Waals surface area (Å²) >= 11 is 0. The van der Waals surface area contributed by atoms with Gasteiger partial charge in [0, 0.05) is 0 Å². The quantitative estimate of drug-likeness (QED) is 0.461. The van der Waals surface area contributed by atoms with Crippen molar-refractivity contribution >= 4 is 11.5 Å². The number of ether oxygens (including phenoxy) is 2. The molecule has 0 unspecified atom stereocenters. The molecule has 18 heavy (non-hydrogen) atoms. The van der Waals surface area contributed by atoms with Crippen LogP contribution in [-0.2, 0) is 4.74 Å². The fourth-order valence-electron chi connectivity index (χ4n) is 0.888. The van der Waals surface area contributed by atoms with E-state index in [1.165, 1.54) is 0 Å². The van der Waals surface area contributed by atoms with Crippen LogP contribution in [-0.4, -0.2) is 29.5 Å². The largest absolute Gasteiger partial charge is 0.522 e. The van der Waals surface area contributed by atoms with Crippen molar-refractivity contribution in [1.82, 2.24) is 9.97 Å². The minimum Gasteiger partial charge on any atom is -0.461 e. The molecule has 1 aromatic heterocycles. The molecule has 0 bridgehead atoms. The standard InChI is InChI=1S/C8H8F3N5O2/c9-8(10,11)18-2-1-17-7-14-3-5(13)6(16-7)15-4-12/h3H,1-2,13H2,(H,14,15,16). The van der Waals surface area contributed by atoms with E-state index >= 15 is 0 Å². The Balaban J connectivity index is 2.48. The zero-order chi connectivity index (χ0) is 13.6. The maximum atomic E-state index is 11.6. The molecule has 0 radical (unpaired) electrons. The second-order valence-electron chi connectivity index (χ2n) is 2.84. The number of nitrogens with zero attached hydrogens (tertiary/aromatic N) is 3. The highest BCUT2D eigenvalue weighted by Gasteiger charge is 2.28. The van der Waals surface area contributed by atoms with Crippen molar-refractivity contribution in [1.29, 1.82) is 5.26 Å². The SMILES string of the molecule is N#CNc1nc(OCCOC(F)(F)F)ncc1N. The Morgan fingerprint density at radius 2 is 2.17 bits per heavy atom. The third kappa shape index (κ3) is 4.71. The highest BCUT2D eigenvalue weighted by atomic mass is 19.4. The van der Waals surface area contributed by atoms with Gasteiger partial charge in [0.2, 0.25) is 0 Å². The highest BCUT2D eigenvalue weighted by molar-refractivity contribution is 5.61. The number of aromatic nitrogens is 2. The molecule has 0 fully saturated rings. The maximum absolute atomic E-state index is 11.6. The maximum Gasteiger partial charge on any atom is 0.522 e. The van der Waals surface area contributed by atoms with Crippen molar-refractivity contribution in [2.75, 3.05) is 24.3 Å². The first-order valence-electron chi connectivity index (χ1n) is 4.53. The monoisotopic (exact) mass is 263 g/mol. The van der Waals surface area contributed by atoms with E-state index in [1.807, 2.05) is 0 Å². The predicted octanol–water partition coefficient (Wildman–Crippen LogP) is 0.867. The summed E-state index contributed by atoms with van der Waals surface area (Å²) in [6.45, 7) is -1.09. The average molecular weight is 263 g/mol. The van der Waals surface area contributed by atoms with Crippen LogP contribution in [0, 0.1) is 11.5 Å². The lowest BCUT2D eigenvalue weighted by molar-refractivity contribution is -0.325. The van der Waals surface area contributed by atoms with E-state index in [-0.39, 0.29) is 17.5 Å². The predicted molar refractivity (Wildman–Crippen MR) is 53.2 cm³/mol. The molecular formula is C8H8F3N5O2. The van der Waals surface area contributed by atoms with Crippen LogP contribution in [0.3, 0.4) is 0 Å². The molecule has 1 heterocycles. The molecule has 0 aliphatic carbocycles. The lowest BCUT2D eigenvalue weighted by atomic mass is 10.5. The van der Waals surface area contributed by atoms with Crippen molar-refractivity contribution in [3.05, 3.63) is 6.20 Å². The van der Waals surface area contributed by atoms with Crippen LogP contribution in [0.5, 0.6) is 6.01 Å². The van der Waals surface area contributed by atoms with Crippen molar-refractivity contribution in [2.24, 2.45) is 0 Å². The summed E-state index contributed by atoms with van der Waals surface area (Å²) in [5, 5.41) is 10.5. The number of rotatable bonds is 5. The number of nitrogens with one attached hydrogen (secondary N) is 1. The van der Waals surface area contributed by atoms with Gasteiger partial charge in [-0.05, 0) is 0 Å². The van der Waals surface area contributed by atoms with Crippen molar-refractivity contribution in [2.45, 2.75) is 6.36 Å². The van der Waals surface area contributed by atoms with E-state index in [9.17, 15) is 13.2 Å². The molecule has 98 valence electrons. The van der Waals surface area contributed by atoms with Crippen molar-refractivity contribution in [3.63, 3.8) is 0 Å². The van der Waals surface area contributed by atoms with Crippen LogP contribution in [0.2, 0.25) is 0 Å². The van der Waals surface area contributed by atoms with E-state index in [0.717, 1.165) is 6.20 Å². The summed E-state index contributed by atoms with van der Waals surface area (Å²) in [5.74, 6) is 0.0132. The lowest BCUT2D eigenvalue weighted by Gasteiger charge is -2.08. The summed E-state index contributed by atoms with van der Waals surface area (Å²) in [4.78, 5) is 7.28. The van der Waals surface area contributed by atoms with Gasteiger partial charge in [-0.3, -0.25) is 10.1 Å². The average Bonchev–Trinajstić information content (AvgIpc) is 2.28. The number of nitrogen functional groups attached to an aromatic ring is 1. The van der Waals surface area contributed by atoms with E-state index in [1.54, 1.807) is 6.19 Å². The normalized spacial score (nSPS) is 10.8. The molecule has 0 atom stereocenters. The van der Waals surface area contributed by atoms with Gasteiger partial charge < -0.3 is 10.5 Å². The summed E-state index contributed by atoms with van der Waals surface area (Å²) in [6, 6.07) is -0.215. The molecule has 0 saturated carbocycles. The van der Waals surface area contributed by atoms with Gasteiger partial charge >= 0.3 is 12.4 Å². The summed E-state index contributed by atoms with van der Waals surface area (Å²) < 4.78 is 43.2. The van der Waals surface area contributed by atoms with Crippen LogP contribution in [0.15, 0.2) is 6.20 Å². The van der Waals surface area contributed by atoms with Crippen molar-refractivity contribution < 1.29 is 22.6 Å². The Labute approximate surface area is 99.3 Å². The number of alkyl halides is 3. The minimum absolute atomic E-state index is 0.0132. The third-order valence-corrected chi connectivity index (χ3v) is 1.55. The summed E-state index contributed by atoms with van der Waals surface area (Å²) in [5.41, 5.74) is 5.53. The molecular weight excluding hydrogens is 255 g/mol. The molecule has 0 aromatic carbocycles. The Morgan fingerprint density at radius 1 is 1.44 bits per heavy atom. The third-order valence-electron chi connectivity index (χ3n) is 1.55. The Morgan fingerprint density at radius 3 is 2.78 bits per heavy atom. The topological polar surface area (TPSA) is 106 Å². The number of halogens is 3. The van der Waals surface area contributed by atoms with Gasteiger partial charge in [0.15, 0.2) is 12.0 Å². The molecule has 3 N–H and O–H groups in total. The number of hydrogen-bond donors (Lipinski definition) is 2. The van der Waals surface area contributed by atoms with Crippen LogP contribution < -0.4 is 15.8 Å². The van der Waals surface area contributed by atoms with E-state index in [0.29, 0.717) is 0 Å². The molecule has 10 heteroatoms. The zero-order valence-electron chi connectivity index (χ0n) is 8.86. The number of anilines is 2. The fraction of sp³-hybridized carbons (Fsp3) is 0.375. The first-order chi connectivity index (χ1) is 8.42. The second kappa shape index (κ2) is 5.87. The molecule has 7 nitrogen and oxygen atoms in total. The van der Waals surface area contributed by atoms with Gasteiger partial charge in [-0.2, -0.15) is 10.2 Å². The van der Waals surface area contributed by atoms with Crippen LogP contribution in [0.25, 0.3) is 0 Å². The Hall–Kier alpha value is -2.28. The van der Waals surface area contributed by atoms with Gasteiger partial charge in [-0.1, -0.05) is 0 Å². The zero-order valence-corrected chi connectivity index (χ0v) is 8.86. The van der Waals surface area contributed by atoms with Crippen LogP contribution >= 0.6 is 0 Å². The molecule has 0 amide bonds. The van der Waals surface area contributed by atoms with Crippen molar-refractivity contribution in [3.8, 4) is 12.2 Å². The second-order valence-corrected chi connectivity index (χ2v) is 2.84. The highest BCUT2D eigenvalue weighted by Crippen LogP contribution is 2.17. The summed E-state index contributed by atoms with van der Waals surface area (Å²) in [7, 11) is 0. The fourth-order valence-corrected chi connectivity index (χ4v) is 0.888. The first kappa shape index (κ1) is 13.8. The van der Waals surface area contributed by atoms with Crippen LogP contribution in [0.1, 0.15) is 0 Å². The number of hydrogen-bond acceptors (Lipinski definition) is 7. The van der Waals surface area contributed by atoms with E-state index in [4.69, 9.17) is 15.7 Å². The molecule has 1 rings (SSSR count). The molecule has 0 aliphatic rings. The van der Waals surface area contributed by atoms with E-state index in [2.05, 4.69) is 20.0 Å². The molecule has 0 spiro atoms. The molecule has 0 saturated heterocycles. The molecule has 1 aromatic rings. The first-order valence-corrected chi connectivity index (χ1v) is 4.53. The van der Waals surface area contributed by atoms with Gasteiger partial charge in [-0.25, -0.2) is 4.98 Å². The lowest BCUT2D eigenvalue weighted by Crippen LogP contribution is -2.18. The van der Waals surface area contributed by atoms with Gasteiger partial charge in [0.1, 0.15) is 6.61 Å². The van der Waals surface area contributed by atoms with E-state index < -0.39 is 19.6 Å². The molecule has 0 aliphatic heterocycles. The number of nitrogens with two attached hydrogens (primary N) is 1. The Kier molecular flexibility index (Phi) is 4.50. The smallest absolute Gasteiger partial charge is 0.461 e. The van der Waals surface area contributed by atoms with Gasteiger partial charge in [0.05, 0.1) is 18.5 Å². The summed E-state index contributed by atoms with van der Waals surface area (Å²) in [6.07, 6.45) is -1.96. The minimum atomic E-state index is -4.71. The number of nitriles is 1. The van der Waals surface area contributed by atoms with Gasteiger partial charge in [0.25, 0.3) is 0 Å². The van der Waals surface area contributed by atoms with Gasteiger partial charge in [-0.15, -0.1) is 13.2 Å². The Bertz CT molecular complexity index is 445. The van der Waals surface area contributed by atoms with Crippen LogP contribution in [0.4, 0.5) is 24.7 Å².